The predicted octanol–water partition coefficient (Wildman–Crippen LogP) is 1.59. The summed E-state index contributed by atoms with van der Waals surface area (Å²) in [5, 5.41) is 0. The Morgan fingerprint density at radius 1 is 1.50 bits per heavy atom. The van der Waals surface area contributed by atoms with Crippen molar-refractivity contribution in [3.8, 4) is 0 Å². The second kappa shape index (κ2) is 2.89. The van der Waals surface area contributed by atoms with Crippen LogP contribution in [-0.4, -0.2) is 25.4 Å². The highest BCUT2D eigenvalue weighted by Crippen LogP contribution is 2.25. The van der Waals surface area contributed by atoms with Crippen LogP contribution in [0.15, 0.2) is 0 Å². The van der Waals surface area contributed by atoms with Gasteiger partial charge in [-0.2, -0.15) is 0 Å². The molecule has 0 radical (unpaired) electrons. The Labute approximate surface area is 62.5 Å². The van der Waals surface area contributed by atoms with E-state index >= 15 is 0 Å². The second-order valence-electron chi connectivity index (χ2n) is 3.46. The van der Waals surface area contributed by atoms with E-state index < -0.39 is 0 Å². The van der Waals surface area contributed by atoms with Crippen molar-refractivity contribution in [3.63, 3.8) is 0 Å². The van der Waals surface area contributed by atoms with E-state index in [2.05, 4.69) is 13.8 Å². The molecule has 0 aliphatic carbocycles. The van der Waals surface area contributed by atoms with Gasteiger partial charge in [0.2, 0.25) is 0 Å². The van der Waals surface area contributed by atoms with Gasteiger partial charge in [-0.05, 0) is 20.3 Å². The highest BCUT2D eigenvalue weighted by molar-refractivity contribution is 4.78. The fraction of sp³-hybridized carbons (Fsp3) is 1.00. The first-order valence-electron chi connectivity index (χ1n) is 3.81. The highest BCUT2D eigenvalue weighted by Gasteiger charge is 2.28. The Morgan fingerprint density at radius 3 is 2.60 bits per heavy atom. The third-order valence-electron chi connectivity index (χ3n) is 1.99. The zero-order chi connectivity index (χ0) is 7.61. The average Bonchev–Trinajstić information content (AvgIpc) is 1.86. The van der Waals surface area contributed by atoms with E-state index in [1.54, 1.807) is 7.11 Å². The fourth-order valence-electron chi connectivity index (χ4n) is 1.38. The van der Waals surface area contributed by atoms with Crippen molar-refractivity contribution < 1.29 is 9.47 Å². The molecule has 1 atom stereocenters. The topological polar surface area (TPSA) is 18.5 Å². The molecule has 0 bridgehead atoms. The third kappa shape index (κ3) is 1.96. The Morgan fingerprint density at radius 2 is 2.20 bits per heavy atom. The SMILES string of the molecule is COC1CCOC(C)(C)C1. The molecule has 0 aromatic heterocycles. The van der Waals surface area contributed by atoms with Crippen LogP contribution in [0, 0.1) is 0 Å². The molecule has 0 saturated carbocycles. The quantitative estimate of drug-likeness (QED) is 0.556. The lowest BCUT2D eigenvalue weighted by Crippen LogP contribution is -2.37. The summed E-state index contributed by atoms with van der Waals surface area (Å²) >= 11 is 0. The van der Waals surface area contributed by atoms with E-state index in [4.69, 9.17) is 9.47 Å². The van der Waals surface area contributed by atoms with Gasteiger partial charge < -0.3 is 9.47 Å². The molecule has 1 aliphatic rings. The largest absolute Gasteiger partial charge is 0.381 e. The van der Waals surface area contributed by atoms with Crippen molar-refractivity contribution in [1.29, 1.82) is 0 Å². The Balaban J connectivity index is 2.40. The van der Waals surface area contributed by atoms with Crippen LogP contribution in [-0.2, 0) is 9.47 Å². The number of hydrogen-bond acceptors (Lipinski definition) is 2. The van der Waals surface area contributed by atoms with Gasteiger partial charge in [-0.25, -0.2) is 0 Å². The molecule has 0 N–H and O–H groups in total. The zero-order valence-corrected chi connectivity index (χ0v) is 7.02. The minimum atomic E-state index is 0.0267. The lowest BCUT2D eigenvalue weighted by atomic mass is 9.96. The van der Waals surface area contributed by atoms with Crippen molar-refractivity contribution in [3.05, 3.63) is 0 Å². The van der Waals surface area contributed by atoms with Gasteiger partial charge in [-0.1, -0.05) is 0 Å². The van der Waals surface area contributed by atoms with E-state index in [9.17, 15) is 0 Å². The van der Waals surface area contributed by atoms with Gasteiger partial charge in [0.05, 0.1) is 11.7 Å². The number of methoxy groups -OCH3 is 1. The molecule has 60 valence electrons. The lowest BCUT2D eigenvalue weighted by Gasteiger charge is -2.34. The first-order valence-corrected chi connectivity index (χ1v) is 3.81. The van der Waals surface area contributed by atoms with E-state index in [1.807, 2.05) is 0 Å². The van der Waals surface area contributed by atoms with Crippen molar-refractivity contribution in [1.82, 2.24) is 0 Å². The summed E-state index contributed by atoms with van der Waals surface area (Å²) in [6, 6.07) is 0. The molecule has 1 aliphatic heterocycles. The van der Waals surface area contributed by atoms with E-state index in [0.29, 0.717) is 6.10 Å². The highest BCUT2D eigenvalue weighted by atomic mass is 16.5. The van der Waals surface area contributed by atoms with Crippen LogP contribution < -0.4 is 0 Å². The van der Waals surface area contributed by atoms with Crippen molar-refractivity contribution in [2.75, 3.05) is 13.7 Å². The monoisotopic (exact) mass is 144 g/mol. The van der Waals surface area contributed by atoms with E-state index in [-0.39, 0.29) is 5.60 Å². The Kier molecular flexibility index (Phi) is 2.32. The third-order valence-corrected chi connectivity index (χ3v) is 1.99. The molecule has 0 spiro atoms. The Hall–Kier alpha value is -0.0800. The molecule has 10 heavy (non-hydrogen) atoms. The molecule has 1 saturated heterocycles. The maximum atomic E-state index is 5.52. The molecule has 1 unspecified atom stereocenters. The average molecular weight is 144 g/mol. The molecule has 0 aromatic carbocycles. The van der Waals surface area contributed by atoms with Crippen LogP contribution in [0.3, 0.4) is 0 Å². The van der Waals surface area contributed by atoms with Gasteiger partial charge in [-0.15, -0.1) is 0 Å². The maximum absolute atomic E-state index is 5.52. The van der Waals surface area contributed by atoms with Crippen LogP contribution in [0.1, 0.15) is 26.7 Å². The van der Waals surface area contributed by atoms with Crippen molar-refractivity contribution >= 4 is 0 Å². The predicted molar refractivity (Wildman–Crippen MR) is 40.1 cm³/mol. The number of ether oxygens (including phenoxy) is 2. The standard InChI is InChI=1S/C8H16O2/c1-8(2)6-7(9-3)4-5-10-8/h7H,4-6H2,1-3H3. The molecular weight excluding hydrogens is 128 g/mol. The summed E-state index contributed by atoms with van der Waals surface area (Å²) in [6.45, 7) is 5.06. The first kappa shape index (κ1) is 8.02. The van der Waals surface area contributed by atoms with Crippen LogP contribution in [0.5, 0.6) is 0 Å². The zero-order valence-electron chi connectivity index (χ0n) is 7.02. The summed E-state index contributed by atoms with van der Waals surface area (Å²) in [4.78, 5) is 0. The van der Waals surface area contributed by atoms with Gasteiger partial charge in [0.15, 0.2) is 0 Å². The van der Waals surface area contributed by atoms with Crippen molar-refractivity contribution in [2.45, 2.75) is 38.4 Å². The molecule has 1 rings (SSSR count). The number of rotatable bonds is 1. The molecule has 1 heterocycles. The lowest BCUT2D eigenvalue weighted by molar-refractivity contribution is -0.106. The van der Waals surface area contributed by atoms with E-state index in [0.717, 1.165) is 19.4 Å². The summed E-state index contributed by atoms with van der Waals surface area (Å²) in [6.07, 6.45) is 2.47. The molecular formula is C8H16O2. The number of hydrogen-bond donors (Lipinski definition) is 0. The first-order chi connectivity index (χ1) is 4.64. The maximum Gasteiger partial charge on any atom is 0.0651 e. The van der Waals surface area contributed by atoms with Gasteiger partial charge in [0.1, 0.15) is 0 Å². The summed E-state index contributed by atoms with van der Waals surface area (Å²) in [5.74, 6) is 0. The van der Waals surface area contributed by atoms with Crippen LogP contribution >= 0.6 is 0 Å². The van der Waals surface area contributed by atoms with E-state index in [1.165, 1.54) is 0 Å². The minimum absolute atomic E-state index is 0.0267. The van der Waals surface area contributed by atoms with Gasteiger partial charge in [0.25, 0.3) is 0 Å². The van der Waals surface area contributed by atoms with Gasteiger partial charge >= 0.3 is 0 Å². The summed E-state index contributed by atoms with van der Waals surface area (Å²) < 4.78 is 10.8. The van der Waals surface area contributed by atoms with Crippen molar-refractivity contribution in [2.24, 2.45) is 0 Å². The van der Waals surface area contributed by atoms with Crippen LogP contribution in [0.2, 0.25) is 0 Å². The smallest absolute Gasteiger partial charge is 0.0651 e. The van der Waals surface area contributed by atoms with Crippen LogP contribution in [0.25, 0.3) is 0 Å². The molecule has 1 fully saturated rings. The Bertz CT molecular complexity index is 110. The van der Waals surface area contributed by atoms with Crippen LogP contribution in [0.4, 0.5) is 0 Å². The molecule has 2 nitrogen and oxygen atoms in total. The fourth-order valence-corrected chi connectivity index (χ4v) is 1.38. The normalized spacial score (nSPS) is 32.1. The minimum Gasteiger partial charge on any atom is -0.381 e. The summed E-state index contributed by atoms with van der Waals surface area (Å²) in [7, 11) is 1.77. The molecule has 2 heteroatoms. The van der Waals surface area contributed by atoms with Gasteiger partial charge in [0, 0.05) is 20.1 Å². The molecule has 0 aromatic rings. The van der Waals surface area contributed by atoms with Gasteiger partial charge in [-0.3, -0.25) is 0 Å². The molecule has 0 amide bonds. The second-order valence-corrected chi connectivity index (χ2v) is 3.46. The summed E-state index contributed by atoms with van der Waals surface area (Å²) in [5.41, 5.74) is 0.0267.